The highest BCUT2D eigenvalue weighted by molar-refractivity contribution is 7.16. The van der Waals surface area contributed by atoms with E-state index in [-0.39, 0.29) is 5.82 Å². The summed E-state index contributed by atoms with van der Waals surface area (Å²) in [5.41, 5.74) is 1.09. The number of benzene rings is 1. The maximum absolute atomic E-state index is 12.7. The number of thiophene rings is 1. The van der Waals surface area contributed by atoms with Gasteiger partial charge in [0.25, 0.3) is 0 Å². The molecule has 17 heavy (non-hydrogen) atoms. The first-order valence-corrected chi connectivity index (χ1v) is 6.63. The van der Waals surface area contributed by atoms with Crippen molar-refractivity contribution in [1.82, 2.24) is 5.32 Å². The smallest absolute Gasteiger partial charge is 0.123 e. The van der Waals surface area contributed by atoms with E-state index in [0.717, 1.165) is 29.4 Å². The minimum Gasteiger partial charge on any atom is -0.312 e. The fourth-order valence-electron chi connectivity index (χ4n) is 1.53. The molecule has 1 aromatic carbocycles. The summed E-state index contributed by atoms with van der Waals surface area (Å²) in [6.07, 6.45) is 0.971. The maximum Gasteiger partial charge on any atom is 0.123 e. The number of rotatable bonds is 5. The Morgan fingerprint density at radius 3 is 2.53 bits per heavy atom. The van der Waals surface area contributed by atoms with Crippen molar-refractivity contribution >= 4 is 22.9 Å². The standard InChI is InChI=1S/C13H13ClFNS/c14-13-6-5-12(17-13)7-8-16-9-10-1-3-11(15)4-2-10/h1-6,16H,7-9H2. The van der Waals surface area contributed by atoms with Crippen LogP contribution < -0.4 is 5.32 Å². The molecule has 0 amide bonds. The predicted molar refractivity (Wildman–Crippen MR) is 71.1 cm³/mol. The Hall–Kier alpha value is -0.900. The van der Waals surface area contributed by atoms with Crippen LogP contribution in [0.1, 0.15) is 10.4 Å². The third-order valence-corrected chi connectivity index (χ3v) is 3.71. The van der Waals surface area contributed by atoms with Crippen LogP contribution in [-0.4, -0.2) is 6.54 Å². The summed E-state index contributed by atoms with van der Waals surface area (Å²) in [6.45, 7) is 1.66. The molecular weight excluding hydrogens is 257 g/mol. The Balaban J connectivity index is 1.71. The Morgan fingerprint density at radius 2 is 1.88 bits per heavy atom. The van der Waals surface area contributed by atoms with Crippen LogP contribution in [0.4, 0.5) is 4.39 Å². The molecule has 0 aliphatic heterocycles. The maximum atomic E-state index is 12.7. The Morgan fingerprint density at radius 1 is 1.12 bits per heavy atom. The number of hydrogen-bond donors (Lipinski definition) is 1. The van der Waals surface area contributed by atoms with Crippen LogP contribution in [0.15, 0.2) is 36.4 Å². The van der Waals surface area contributed by atoms with E-state index in [1.807, 2.05) is 12.1 Å². The Bertz CT molecular complexity index is 467. The van der Waals surface area contributed by atoms with Crippen molar-refractivity contribution in [3.8, 4) is 0 Å². The number of halogens is 2. The van der Waals surface area contributed by atoms with Gasteiger partial charge in [0.1, 0.15) is 5.82 Å². The molecule has 0 unspecified atom stereocenters. The monoisotopic (exact) mass is 269 g/mol. The molecule has 0 aliphatic carbocycles. The fraction of sp³-hybridized carbons (Fsp3) is 0.231. The summed E-state index contributed by atoms with van der Waals surface area (Å²) in [7, 11) is 0. The van der Waals surface area contributed by atoms with Crippen LogP contribution >= 0.6 is 22.9 Å². The van der Waals surface area contributed by atoms with Gasteiger partial charge >= 0.3 is 0 Å². The van der Waals surface area contributed by atoms with E-state index in [9.17, 15) is 4.39 Å². The van der Waals surface area contributed by atoms with Gasteiger partial charge in [-0.1, -0.05) is 23.7 Å². The SMILES string of the molecule is Fc1ccc(CNCCc2ccc(Cl)s2)cc1. The largest absolute Gasteiger partial charge is 0.312 e. The molecule has 0 aliphatic rings. The van der Waals surface area contributed by atoms with Crippen molar-refractivity contribution in [2.45, 2.75) is 13.0 Å². The molecule has 0 saturated heterocycles. The first-order valence-electron chi connectivity index (χ1n) is 5.43. The van der Waals surface area contributed by atoms with Gasteiger partial charge in [-0.25, -0.2) is 4.39 Å². The second-order valence-electron chi connectivity index (χ2n) is 3.76. The van der Waals surface area contributed by atoms with E-state index in [1.165, 1.54) is 17.0 Å². The van der Waals surface area contributed by atoms with E-state index in [0.29, 0.717) is 0 Å². The highest BCUT2D eigenvalue weighted by Gasteiger charge is 1.98. The molecule has 2 rings (SSSR count). The van der Waals surface area contributed by atoms with Crippen molar-refractivity contribution in [1.29, 1.82) is 0 Å². The average Bonchev–Trinajstić information content (AvgIpc) is 2.73. The lowest BCUT2D eigenvalue weighted by atomic mass is 10.2. The van der Waals surface area contributed by atoms with Crippen molar-refractivity contribution in [3.05, 3.63) is 57.0 Å². The van der Waals surface area contributed by atoms with Gasteiger partial charge in [0.05, 0.1) is 4.34 Å². The minimum atomic E-state index is -0.193. The third kappa shape index (κ3) is 4.11. The van der Waals surface area contributed by atoms with Gasteiger partial charge in [0.15, 0.2) is 0 Å². The second kappa shape index (κ2) is 6.15. The van der Waals surface area contributed by atoms with E-state index in [4.69, 9.17) is 11.6 Å². The van der Waals surface area contributed by atoms with Gasteiger partial charge in [0.2, 0.25) is 0 Å². The van der Waals surface area contributed by atoms with E-state index >= 15 is 0 Å². The molecule has 0 atom stereocenters. The molecule has 0 spiro atoms. The van der Waals surface area contributed by atoms with E-state index < -0.39 is 0 Å². The van der Waals surface area contributed by atoms with Crippen molar-refractivity contribution < 1.29 is 4.39 Å². The lowest BCUT2D eigenvalue weighted by molar-refractivity contribution is 0.625. The minimum absolute atomic E-state index is 0.193. The Labute approximate surface area is 109 Å². The zero-order valence-corrected chi connectivity index (χ0v) is 10.8. The molecular formula is C13H13ClFNS. The number of nitrogens with one attached hydrogen (secondary N) is 1. The quantitative estimate of drug-likeness (QED) is 0.813. The summed E-state index contributed by atoms with van der Waals surface area (Å²) in [6, 6.07) is 10.5. The van der Waals surface area contributed by atoms with Crippen LogP contribution in [0.2, 0.25) is 4.34 Å². The summed E-state index contributed by atoms with van der Waals surface area (Å²) < 4.78 is 13.5. The second-order valence-corrected chi connectivity index (χ2v) is 5.56. The van der Waals surface area contributed by atoms with Crippen molar-refractivity contribution in [2.75, 3.05) is 6.54 Å². The predicted octanol–water partition coefficient (Wildman–Crippen LogP) is 3.87. The molecule has 0 fully saturated rings. The molecule has 2 aromatic rings. The lowest BCUT2D eigenvalue weighted by Crippen LogP contribution is -2.16. The molecule has 1 nitrogen and oxygen atoms in total. The van der Waals surface area contributed by atoms with Gasteiger partial charge in [-0.2, -0.15) is 0 Å². The van der Waals surface area contributed by atoms with Gasteiger partial charge in [-0.3, -0.25) is 0 Å². The highest BCUT2D eigenvalue weighted by Crippen LogP contribution is 2.21. The van der Waals surface area contributed by atoms with E-state index in [1.54, 1.807) is 23.5 Å². The van der Waals surface area contributed by atoms with Crippen LogP contribution in [-0.2, 0) is 13.0 Å². The van der Waals surface area contributed by atoms with Crippen molar-refractivity contribution in [3.63, 3.8) is 0 Å². The molecule has 1 aromatic heterocycles. The molecule has 4 heteroatoms. The zero-order chi connectivity index (χ0) is 12.1. The molecule has 1 heterocycles. The van der Waals surface area contributed by atoms with Gasteiger partial charge in [0, 0.05) is 18.0 Å². The summed E-state index contributed by atoms with van der Waals surface area (Å²) in [4.78, 5) is 1.28. The molecule has 1 N–H and O–H groups in total. The topological polar surface area (TPSA) is 12.0 Å². The van der Waals surface area contributed by atoms with Gasteiger partial charge in [-0.05, 0) is 36.2 Å². The summed E-state index contributed by atoms with van der Waals surface area (Å²) >= 11 is 7.46. The molecule has 0 bridgehead atoms. The first kappa shape index (κ1) is 12.6. The van der Waals surface area contributed by atoms with Crippen LogP contribution in [0, 0.1) is 5.82 Å². The van der Waals surface area contributed by atoms with Crippen LogP contribution in [0.3, 0.4) is 0 Å². The van der Waals surface area contributed by atoms with Crippen molar-refractivity contribution in [2.24, 2.45) is 0 Å². The van der Waals surface area contributed by atoms with E-state index in [2.05, 4.69) is 5.32 Å². The van der Waals surface area contributed by atoms with Gasteiger partial charge in [-0.15, -0.1) is 11.3 Å². The molecule has 90 valence electrons. The normalized spacial score (nSPS) is 10.7. The van der Waals surface area contributed by atoms with Crippen LogP contribution in [0.25, 0.3) is 0 Å². The zero-order valence-electron chi connectivity index (χ0n) is 9.25. The molecule has 0 saturated carbocycles. The highest BCUT2D eigenvalue weighted by atomic mass is 35.5. The lowest BCUT2D eigenvalue weighted by Gasteiger charge is -2.03. The summed E-state index contributed by atoms with van der Waals surface area (Å²) in [5, 5.41) is 3.32. The number of hydrogen-bond acceptors (Lipinski definition) is 2. The van der Waals surface area contributed by atoms with Gasteiger partial charge < -0.3 is 5.32 Å². The first-order chi connectivity index (χ1) is 8.24. The Kier molecular flexibility index (Phi) is 4.54. The summed E-state index contributed by atoms with van der Waals surface area (Å²) in [5.74, 6) is -0.193. The fourth-order valence-corrected chi connectivity index (χ4v) is 2.62. The molecule has 0 radical (unpaired) electrons. The van der Waals surface area contributed by atoms with Crippen LogP contribution in [0.5, 0.6) is 0 Å². The average molecular weight is 270 g/mol. The third-order valence-electron chi connectivity index (χ3n) is 2.42.